The molecule has 2 amide bonds. The summed E-state index contributed by atoms with van der Waals surface area (Å²) in [6.45, 7) is 7.96. The molecule has 0 atom stereocenters. The smallest absolute Gasteiger partial charge is 0.228 e. The Kier molecular flexibility index (Phi) is 5.62. The summed E-state index contributed by atoms with van der Waals surface area (Å²) in [5.41, 5.74) is 8.82. The molecule has 0 bridgehead atoms. The highest BCUT2D eigenvalue weighted by atomic mass is 16.5. The predicted molar refractivity (Wildman–Crippen MR) is 138 cm³/mol. The number of rotatable bonds is 4. The van der Waals surface area contributed by atoms with E-state index in [0.29, 0.717) is 51.4 Å². The van der Waals surface area contributed by atoms with Crippen molar-refractivity contribution in [2.45, 2.75) is 59.3 Å². The molecule has 2 aromatic rings. The molecule has 0 saturated heterocycles. The fourth-order valence-electron chi connectivity index (χ4n) is 6.07. The highest BCUT2D eigenvalue weighted by molar-refractivity contribution is 5.99. The molecule has 4 aliphatic heterocycles. The Morgan fingerprint density at radius 2 is 1.36 bits per heavy atom. The molecule has 0 radical (unpaired) electrons. The molecule has 8 nitrogen and oxygen atoms in total. The first kappa shape index (κ1) is 22.9. The van der Waals surface area contributed by atoms with Gasteiger partial charge in [0.2, 0.25) is 11.8 Å². The summed E-state index contributed by atoms with van der Waals surface area (Å²) in [7, 11) is 0. The summed E-state index contributed by atoms with van der Waals surface area (Å²) in [4.78, 5) is 34.0. The number of amides is 2. The number of hydrogen-bond donors (Lipinski definition) is 1. The first-order valence-electron chi connectivity index (χ1n) is 12.8. The van der Waals surface area contributed by atoms with Crippen molar-refractivity contribution in [3.05, 3.63) is 45.5 Å². The average molecular weight is 489 g/mol. The maximum atomic E-state index is 12.9. The number of fused-ring (bicyclic) bond motifs is 6. The number of aryl methyl sites for hydroxylation is 2. The van der Waals surface area contributed by atoms with Crippen molar-refractivity contribution in [1.82, 2.24) is 5.32 Å². The van der Waals surface area contributed by atoms with Crippen molar-refractivity contribution >= 4 is 29.0 Å². The van der Waals surface area contributed by atoms with Crippen LogP contribution in [0.3, 0.4) is 0 Å². The van der Waals surface area contributed by atoms with Crippen molar-refractivity contribution < 1.29 is 19.1 Å². The van der Waals surface area contributed by atoms with Gasteiger partial charge in [0.15, 0.2) is 0 Å². The van der Waals surface area contributed by atoms with Crippen LogP contribution in [0.2, 0.25) is 0 Å². The Labute approximate surface area is 211 Å². The van der Waals surface area contributed by atoms with Gasteiger partial charge in [-0.2, -0.15) is 0 Å². The van der Waals surface area contributed by atoms with Gasteiger partial charge in [-0.25, -0.2) is 0 Å². The van der Waals surface area contributed by atoms with Crippen LogP contribution in [0, 0.1) is 13.8 Å². The van der Waals surface area contributed by atoms with Crippen LogP contribution in [0.15, 0.2) is 17.1 Å². The summed E-state index contributed by atoms with van der Waals surface area (Å²) in [5, 5.41) is 3.30. The van der Waals surface area contributed by atoms with Gasteiger partial charge in [0.25, 0.3) is 0 Å². The molecule has 36 heavy (non-hydrogen) atoms. The van der Waals surface area contributed by atoms with Crippen LogP contribution in [0.25, 0.3) is 0 Å². The van der Waals surface area contributed by atoms with Gasteiger partial charge in [-0.3, -0.25) is 24.4 Å². The van der Waals surface area contributed by atoms with Crippen LogP contribution in [0.5, 0.6) is 11.5 Å². The lowest BCUT2D eigenvalue weighted by Crippen LogP contribution is -2.44. The minimum Gasteiger partial charge on any atom is -0.493 e. The fraction of sp³-hybridized carbons (Fsp3) is 0.464. The summed E-state index contributed by atoms with van der Waals surface area (Å²) in [5.74, 6) is 2.77. The summed E-state index contributed by atoms with van der Waals surface area (Å²) in [6, 6.07) is 4.29. The van der Waals surface area contributed by atoms with Crippen LogP contribution in [-0.4, -0.2) is 44.2 Å². The zero-order valence-electron chi connectivity index (χ0n) is 21.2. The average Bonchev–Trinajstić information content (AvgIpc) is 3.52. The normalized spacial score (nSPS) is 18.4. The van der Waals surface area contributed by atoms with Crippen molar-refractivity contribution in [2.24, 2.45) is 4.99 Å². The largest absolute Gasteiger partial charge is 0.493 e. The van der Waals surface area contributed by atoms with Crippen molar-refractivity contribution in [1.29, 1.82) is 0 Å². The van der Waals surface area contributed by atoms with Crippen molar-refractivity contribution in [3.8, 4) is 11.5 Å². The molecule has 0 fully saturated rings. The molecule has 4 heterocycles. The van der Waals surface area contributed by atoms with E-state index >= 15 is 0 Å². The van der Waals surface area contributed by atoms with E-state index in [0.717, 1.165) is 58.0 Å². The Balaban J connectivity index is 1.20. The number of aliphatic imine (C=N–C) groups is 1. The Morgan fingerprint density at radius 3 is 1.94 bits per heavy atom. The molecule has 0 spiro atoms. The van der Waals surface area contributed by atoms with E-state index in [1.165, 1.54) is 11.1 Å². The minimum absolute atomic E-state index is 0.0738. The van der Waals surface area contributed by atoms with Crippen LogP contribution in [0.1, 0.15) is 53.1 Å². The molecule has 0 aromatic heterocycles. The molecule has 0 unspecified atom stereocenters. The topological polar surface area (TPSA) is 83.5 Å². The highest BCUT2D eigenvalue weighted by Crippen LogP contribution is 2.43. The molecule has 4 aliphatic rings. The zero-order chi connectivity index (χ0) is 25.0. The molecule has 6 rings (SSSR count). The maximum absolute atomic E-state index is 12.9. The zero-order valence-corrected chi connectivity index (χ0v) is 21.2. The van der Waals surface area contributed by atoms with E-state index in [1.807, 2.05) is 6.92 Å². The lowest BCUT2D eigenvalue weighted by molar-refractivity contribution is -0.119. The summed E-state index contributed by atoms with van der Waals surface area (Å²) >= 11 is 0. The Bertz CT molecular complexity index is 1320. The number of hydrogen-bond acceptors (Lipinski definition) is 5. The third-order valence-corrected chi connectivity index (χ3v) is 7.73. The molecule has 0 aliphatic carbocycles. The van der Waals surface area contributed by atoms with Crippen LogP contribution in [0.4, 0.5) is 11.4 Å². The third kappa shape index (κ3) is 3.70. The van der Waals surface area contributed by atoms with Gasteiger partial charge >= 0.3 is 0 Å². The number of nitrogens with one attached hydrogen (secondary N) is 1. The number of anilines is 2. The number of carbonyl (C=O) groups is 2. The van der Waals surface area contributed by atoms with E-state index < -0.39 is 0 Å². The maximum Gasteiger partial charge on any atom is 0.228 e. The monoisotopic (exact) mass is 488 g/mol. The van der Waals surface area contributed by atoms with E-state index in [4.69, 9.17) is 9.47 Å². The Morgan fingerprint density at radius 1 is 0.833 bits per heavy atom. The standard InChI is InChI=1S/C28H32N4O4/c1-16-12-19-8-10-35-27(19)21-4-6-23(33)31(25(16)21)14-29-18(3)30-15-32-24(34)7-5-22-26(32)17(2)13-20-9-11-36-28(20)22/h12-13H,4-11,14-15H2,1-3H3,(H,29,30). The fourth-order valence-corrected chi connectivity index (χ4v) is 6.07. The van der Waals surface area contributed by atoms with Gasteiger partial charge in [-0.1, -0.05) is 12.1 Å². The highest BCUT2D eigenvalue weighted by Gasteiger charge is 2.33. The SMILES string of the molecule is CC(=NCN1C(=O)CCc2c3c(cc(C)c21)CCO3)NCN1C(=O)CCc2c3c(cc(C)c21)CCO3. The van der Waals surface area contributed by atoms with Gasteiger partial charge in [0, 0.05) is 36.8 Å². The number of ether oxygens (including phenoxy) is 2. The molecule has 188 valence electrons. The second kappa shape index (κ2) is 8.84. The second-order valence-corrected chi connectivity index (χ2v) is 10.1. The lowest BCUT2D eigenvalue weighted by atomic mass is 9.94. The van der Waals surface area contributed by atoms with E-state index in [2.05, 4.69) is 36.3 Å². The van der Waals surface area contributed by atoms with E-state index in [1.54, 1.807) is 9.80 Å². The minimum atomic E-state index is 0.0738. The van der Waals surface area contributed by atoms with E-state index in [-0.39, 0.29) is 18.5 Å². The van der Waals surface area contributed by atoms with Gasteiger partial charge < -0.3 is 14.8 Å². The molecular weight excluding hydrogens is 456 g/mol. The third-order valence-electron chi connectivity index (χ3n) is 7.73. The molecular formula is C28H32N4O4. The predicted octanol–water partition coefficient (Wildman–Crippen LogP) is 3.35. The first-order valence-corrected chi connectivity index (χ1v) is 12.8. The molecule has 8 heteroatoms. The van der Waals surface area contributed by atoms with Gasteiger partial charge in [-0.15, -0.1) is 0 Å². The lowest BCUT2D eigenvalue weighted by Gasteiger charge is -2.33. The molecule has 1 N–H and O–H groups in total. The Hall–Kier alpha value is -3.55. The van der Waals surface area contributed by atoms with Gasteiger partial charge in [0.05, 0.1) is 37.1 Å². The van der Waals surface area contributed by atoms with Crippen molar-refractivity contribution in [2.75, 3.05) is 36.4 Å². The number of nitrogens with zero attached hydrogens (tertiary/aromatic N) is 3. The number of benzene rings is 2. The van der Waals surface area contributed by atoms with Crippen molar-refractivity contribution in [3.63, 3.8) is 0 Å². The van der Waals surface area contributed by atoms with Crippen LogP contribution < -0.4 is 24.6 Å². The molecule has 2 aromatic carbocycles. The summed E-state index contributed by atoms with van der Waals surface area (Å²) in [6.07, 6.45) is 4.19. The van der Waals surface area contributed by atoms with E-state index in [9.17, 15) is 9.59 Å². The second-order valence-electron chi connectivity index (χ2n) is 10.1. The number of carbonyl (C=O) groups excluding carboxylic acids is 2. The van der Waals surface area contributed by atoms with Crippen LogP contribution >= 0.6 is 0 Å². The molecule has 0 saturated carbocycles. The van der Waals surface area contributed by atoms with Gasteiger partial charge in [0.1, 0.15) is 18.2 Å². The van der Waals surface area contributed by atoms with Crippen LogP contribution in [-0.2, 0) is 35.3 Å². The summed E-state index contributed by atoms with van der Waals surface area (Å²) < 4.78 is 11.8. The first-order chi connectivity index (χ1) is 17.4. The van der Waals surface area contributed by atoms with Gasteiger partial charge in [-0.05, 0) is 55.9 Å². The quantitative estimate of drug-likeness (QED) is 0.527. The number of amidine groups is 1.